The van der Waals surface area contributed by atoms with Crippen LogP contribution in [0.3, 0.4) is 0 Å². The summed E-state index contributed by atoms with van der Waals surface area (Å²) in [5.74, 6) is 0.985. The fourth-order valence-corrected chi connectivity index (χ4v) is 5.38. The number of aryl methyl sites for hydroxylation is 1. The Labute approximate surface area is 200 Å². The topological polar surface area (TPSA) is 81.4 Å². The maximum Gasteiger partial charge on any atom is 0.416 e. The first-order valence-electron chi connectivity index (χ1n) is 11.5. The Morgan fingerprint density at radius 3 is 2.76 bits per heavy atom. The number of oxazole rings is 1. The van der Waals surface area contributed by atoms with E-state index in [-0.39, 0.29) is 40.6 Å². The van der Waals surface area contributed by atoms with Gasteiger partial charge in [0.15, 0.2) is 0 Å². The van der Waals surface area contributed by atoms with Crippen LogP contribution in [0, 0.1) is 5.92 Å². The molecule has 2 aliphatic rings. The fraction of sp³-hybridized carbons (Fsp3) is 0.542. The minimum Gasteiger partial charge on any atom is -0.441 e. The molecule has 184 valence electrons. The van der Waals surface area contributed by atoms with Crippen molar-refractivity contribution in [1.82, 2.24) is 10.3 Å². The second kappa shape index (κ2) is 10.5. The standard InChI is InChI=1S/C24H27F3N2O4S/c1-2-19-18(28-22(33-19)15-6-4-7-16(12-15)24(25,26)27)13-32-17-8-3-5-14(11-17)9-10-20-21(30)29-23(31)34-20/h4,6-7,12,14,17,20H,2-3,5,8-11,13H2,1H3,(H,29,30,31)/t14-,17-,20?/m0/s1. The molecule has 4 rings (SSSR count). The highest BCUT2D eigenvalue weighted by Crippen LogP contribution is 2.35. The first-order chi connectivity index (χ1) is 16.2. The summed E-state index contributed by atoms with van der Waals surface area (Å²) >= 11 is 1.07. The number of carbonyl (C=O) groups is 2. The molecule has 1 aromatic heterocycles. The normalized spacial score (nSPS) is 23.4. The molecule has 3 atom stereocenters. The van der Waals surface area contributed by atoms with Crippen LogP contribution in [0.5, 0.6) is 0 Å². The van der Waals surface area contributed by atoms with E-state index < -0.39 is 11.7 Å². The number of thioether (sulfide) groups is 1. The van der Waals surface area contributed by atoms with Crippen molar-refractivity contribution in [2.75, 3.05) is 0 Å². The molecule has 10 heteroatoms. The molecule has 0 radical (unpaired) electrons. The van der Waals surface area contributed by atoms with E-state index in [9.17, 15) is 22.8 Å². The predicted octanol–water partition coefficient (Wildman–Crippen LogP) is 6.13. The Balaban J connectivity index is 1.34. The van der Waals surface area contributed by atoms with Crippen LogP contribution in [0.2, 0.25) is 0 Å². The van der Waals surface area contributed by atoms with Crippen LogP contribution >= 0.6 is 11.8 Å². The quantitative estimate of drug-likeness (QED) is 0.474. The zero-order chi connectivity index (χ0) is 24.3. The molecular formula is C24H27F3N2O4S. The molecule has 1 unspecified atom stereocenters. The molecule has 1 N–H and O–H groups in total. The van der Waals surface area contributed by atoms with E-state index in [1.165, 1.54) is 6.07 Å². The van der Waals surface area contributed by atoms with E-state index >= 15 is 0 Å². The fourth-order valence-electron chi connectivity index (χ4n) is 4.55. The first kappa shape index (κ1) is 24.8. The maximum absolute atomic E-state index is 13.1. The van der Waals surface area contributed by atoms with Gasteiger partial charge in [-0.25, -0.2) is 4.98 Å². The number of nitrogens with one attached hydrogen (secondary N) is 1. The molecule has 0 spiro atoms. The zero-order valence-electron chi connectivity index (χ0n) is 18.8. The van der Waals surface area contributed by atoms with Gasteiger partial charge in [-0.2, -0.15) is 13.2 Å². The first-order valence-corrected chi connectivity index (χ1v) is 12.4. The summed E-state index contributed by atoms with van der Waals surface area (Å²) in [6.45, 7) is 2.14. The third kappa shape index (κ3) is 6.02. The van der Waals surface area contributed by atoms with E-state index in [0.717, 1.165) is 56.0 Å². The third-order valence-electron chi connectivity index (χ3n) is 6.33. The van der Waals surface area contributed by atoms with Crippen molar-refractivity contribution in [3.63, 3.8) is 0 Å². The number of carbonyl (C=O) groups excluding carboxylic acids is 2. The van der Waals surface area contributed by atoms with Crippen molar-refractivity contribution in [1.29, 1.82) is 0 Å². The number of aromatic nitrogens is 1. The van der Waals surface area contributed by atoms with Crippen LogP contribution in [0.4, 0.5) is 18.0 Å². The van der Waals surface area contributed by atoms with Crippen molar-refractivity contribution in [2.45, 2.75) is 76.0 Å². The molecule has 1 aliphatic carbocycles. The van der Waals surface area contributed by atoms with Gasteiger partial charge in [0, 0.05) is 12.0 Å². The van der Waals surface area contributed by atoms with Crippen molar-refractivity contribution in [3.8, 4) is 11.5 Å². The Hall–Kier alpha value is -2.33. The highest BCUT2D eigenvalue weighted by Gasteiger charge is 2.33. The summed E-state index contributed by atoms with van der Waals surface area (Å²) in [4.78, 5) is 27.5. The van der Waals surface area contributed by atoms with Gasteiger partial charge in [0.05, 0.1) is 23.5 Å². The summed E-state index contributed by atoms with van der Waals surface area (Å²) < 4.78 is 51.1. The number of amides is 2. The molecule has 6 nitrogen and oxygen atoms in total. The van der Waals surface area contributed by atoms with E-state index in [0.29, 0.717) is 30.2 Å². The van der Waals surface area contributed by atoms with Crippen LogP contribution in [0.15, 0.2) is 28.7 Å². The molecule has 2 aromatic rings. The van der Waals surface area contributed by atoms with E-state index in [2.05, 4.69) is 10.3 Å². The van der Waals surface area contributed by atoms with Gasteiger partial charge < -0.3 is 9.15 Å². The average molecular weight is 497 g/mol. The number of hydrogen-bond donors (Lipinski definition) is 1. The van der Waals surface area contributed by atoms with Crippen molar-refractivity contribution >= 4 is 22.9 Å². The number of ether oxygens (including phenoxy) is 1. The van der Waals surface area contributed by atoms with E-state index in [1.54, 1.807) is 6.07 Å². The molecular weight excluding hydrogens is 469 g/mol. The second-order valence-corrected chi connectivity index (χ2v) is 9.92. The minimum absolute atomic E-state index is 0.0452. The van der Waals surface area contributed by atoms with E-state index in [1.807, 2.05) is 6.92 Å². The molecule has 0 bridgehead atoms. The lowest BCUT2D eigenvalue weighted by Crippen LogP contribution is -2.26. The van der Waals surface area contributed by atoms with Gasteiger partial charge in [-0.15, -0.1) is 0 Å². The smallest absolute Gasteiger partial charge is 0.416 e. The average Bonchev–Trinajstić information content (AvgIpc) is 3.38. The van der Waals surface area contributed by atoms with Gasteiger partial charge in [0.1, 0.15) is 11.5 Å². The highest BCUT2D eigenvalue weighted by molar-refractivity contribution is 8.15. The predicted molar refractivity (Wildman–Crippen MR) is 121 cm³/mol. The lowest BCUT2D eigenvalue weighted by molar-refractivity contribution is -0.137. The number of rotatable bonds is 8. The maximum atomic E-state index is 13.1. The second-order valence-electron chi connectivity index (χ2n) is 8.75. The van der Waals surface area contributed by atoms with Gasteiger partial charge in [-0.1, -0.05) is 37.6 Å². The Morgan fingerprint density at radius 2 is 2.06 bits per heavy atom. The summed E-state index contributed by atoms with van der Waals surface area (Å²) in [6, 6.07) is 4.95. The third-order valence-corrected chi connectivity index (χ3v) is 7.38. The summed E-state index contributed by atoms with van der Waals surface area (Å²) in [6.07, 6.45) is 1.58. The van der Waals surface area contributed by atoms with Crippen molar-refractivity contribution < 1.29 is 31.9 Å². The molecule has 34 heavy (non-hydrogen) atoms. The monoisotopic (exact) mass is 496 g/mol. The van der Waals surface area contributed by atoms with Crippen molar-refractivity contribution in [2.24, 2.45) is 5.92 Å². The Kier molecular flexibility index (Phi) is 7.67. The molecule has 1 saturated heterocycles. The lowest BCUT2D eigenvalue weighted by atomic mass is 9.84. The number of benzene rings is 1. The zero-order valence-corrected chi connectivity index (χ0v) is 19.6. The molecule has 1 aliphatic heterocycles. The largest absolute Gasteiger partial charge is 0.441 e. The number of nitrogens with zero attached hydrogens (tertiary/aromatic N) is 1. The molecule has 2 fully saturated rings. The number of hydrogen-bond acceptors (Lipinski definition) is 6. The summed E-state index contributed by atoms with van der Waals surface area (Å²) in [7, 11) is 0. The summed E-state index contributed by atoms with van der Waals surface area (Å²) in [5.41, 5.74) is 0.139. The van der Waals surface area contributed by atoms with Crippen LogP contribution in [-0.4, -0.2) is 27.5 Å². The van der Waals surface area contributed by atoms with Gasteiger partial charge >= 0.3 is 6.18 Å². The number of imide groups is 1. The molecule has 1 saturated carbocycles. The molecule has 2 amide bonds. The van der Waals surface area contributed by atoms with Gasteiger partial charge in [-0.3, -0.25) is 14.9 Å². The van der Waals surface area contributed by atoms with Crippen molar-refractivity contribution in [3.05, 3.63) is 41.3 Å². The molecule has 1 aromatic carbocycles. The molecule has 2 heterocycles. The minimum atomic E-state index is -4.44. The van der Waals surface area contributed by atoms with Crippen LogP contribution in [0.1, 0.15) is 62.5 Å². The Morgan fingerprint density at radius 1 is 1.24 bits per heavy atom. The van der Waals surface area contributed by atoms with Gasteiger partial charge in [0.2, 0.25) is 11.8 Å². The number of halogens is 3. The van der Waals surface area contributed by atoms with Crippen LogP contribution in [-0.2, 0) is 28.7 Å². The van der Waals surface area contributed by atoms with Gasteiger partial charge in [-0.05, 0) is 49.8 Å². The Bertz CT molecular complexity index is 1040. The van der Waals surface area contributed by atoms with E-state index in [4.69, 9.17) is 9.15 Å². The highest BCUT2D eigenvalue weighted by atomic mass is 32.2. The SMILES string of the molecule is CCc1oc(-c2cccc(C(F)(F)F)c2)nc1CO[C@H]1CCC[C@@H](CCC2SC(=O)NC2=O)C1. The van der Waals surface area contributed by atoms with Crippen LogP contribution < -0.4 is 5.32 Å². The number of alkyl halides is 3. The summed E-state index contributed by atoms with van der Waals surface area (Å²) in [5, 5.41) is 1.75. The lowest BCUT2D eigenvalue weighted by Gasteiger charge is -2.29. The van der Waals surface area contributed by atoms with Gasteiger partial charge in [0.25, 0.3) is 5.24 Å². The van der Waals surface area contributed by atoms with Crippen LogP contribution in [0.25, 0.3) is 11.5 Å².